The fourth-order valence-electron chi connectivity index (χ4n) is 3.71. The molecule has 3 rings (SSSR count). The largest absolute Gasteiger partial charge is 0.497 e. The predicted molar refractivity (Wildman–Crippen MR) is 106 cm³/mol. The maximum atomic E-state index is 12.4. The highest BCUT2D eigenvalue weighted by Gasteiger charge is 2.24. The molecule has 0 aromatic heterocycles. The van der Waals surface area contributed by atoms with Gasteiger partial charge in [0.05, 0.1) is 40.6 Å². The quantitative estimate of drug-likeness (QED) is 0.672. The van der Waals surface area contributed by atoms with Gasteiger partial charge < -0.3 is 23.8 Å². The van der Waals surface area contributed by atoms with Gasteiger partial charge in [-0.3, -0.25) is 9.69 Å². The number of carbonyl (C=O) groups excluding carboxylic acids is 1. The Labute approximate surface area is 167 Å². The van der Waals surface area contributed by atoms with Crippen molar-refractivity contribution in [1.29, 1.82) is 0 Å². The molecule has 1 amide bonds. The zero-order valence-corrected chi connectivity index (χ0v) is 17.0. The van der Waals surface area contributed by atoms with Crippen molar-refractivity contribution in [3.63, 3.8) is 0 Å². The molecule has 156 valence electrons. The van der Waals surface area contributed by atoms with E-state index in [1.807, 2.05) is 23.1 Å². The number of rotatable bonds is 8. The minimum atomic E-state index is 0.227. The Balaban J connectivity index is 1.36. The van der Waals surface area contributed by atoms with Crippen molar-refractivity contribution >= 4 is 5.91 Å². The molecule has 0 unspecified atom stereocenters. The molecule has 0 spiro atoms. The second kappa shape index (κ2) is 10.6. The summed E-state index contributed by atoms with van der Waals surface area (Å²) < 4.78 is 21.9. The van der Waals surface area contributed by atoms with Crippen LogP contribution in [-0.4, -0.2) is 82.5 Å². The molecule has 2 aliphatic heterocycles. The molecule has 0 aliphatic carbocycles. The van der Waals surface area contributed by atoms with Crippen LogP contribution in [0.3, 0.4) is 0 Å². The fourth-order valence-corrected chi connectivity index (χ4v) is 3.71. The lowest BCUT2D eigenvalue weighted by Crippen LogP contribution is -2.47. The van der Waals surface area contributed by atoms with E-state index in [-0.39, 0.29) is 5.91 Å². The minimum absolute atomic E-state index is 0.227. The van der Waals surface area contributed by atoms with E-state index in [0.717, 1.165) is 62.7 Å². The molecule has 2 saturated heterocycles. The molecule has 0 atom stereocenters. The second-order valence-corrected chi connectivity index (χ2v) is 7.45. The van der Waals surface area contributed by atoms with Gasteiger partial charge in [-0.15, -0.1) is 0 Å². The van der Waals surface area contributed by atoms with Crippen molar-refractivity contribution < 1.29 is 23.7 Å². The molecular weight excluding hydrogens is 360 g/mol. The summed E-state index contributed by atoms with van der Waals surface area (Å²) in [5, 5.41) is 0. The van der Waals surface area contributed by atoms with Crippen LogP contribution in [0.1, 0.15) is 18.4 Å². The minimum Gasteiger partial charge on any atom is -0.497 e. The number of carbonyl (C=O) groups is 1. The van der Waals surface area contributed by atoms with Crippen LogP contribution in [0.4, 0.5) is 0 Å². The van der Waals surface area contributed by atoms with Gasteiger partial charge in [-0.1, -0.05) is 0 Å². The Kier molecular flexibility index (Phi) is 7.94. The average Bonchev–Trinajstić information content (AvgIpc) is 2.75. The topological polar surface area (TPSA) is 60.5 Å². The number of nitrogens with zero attached hydrogens (tertiary/aromatic N) is 2. The average molecular weight is 392 g/mol. The van der Waals surface area contributed by atoms with Crippen molar-refractivity contribution in [2.24, 2.45) is 5.92 Å². The smallest absolute Gasteiger partial charge is 0.236 e. The molecule has 0 radical (unpaired) electrons. The van der Waals surface area contributed by atoms with Crippen molar-refractivity contribution in [3.8, 4) is 11.5 Å². The van der Waals surface area contributed by atoms with Gasteiger partial charge in [0.1, 0.15) is 11.5 Å². The summed E-state index contributed by atoms with van der Waals surface area (Å²) in [7, 11) is 3.30. The first-order valence-corrected chi connectivity index (χ1v) is 10.1. The third-order valence-electron chi connectivity index (χ3n) is 5.46. The molecule has 1 aromatic carbocycles. The lowest BCUT2D eigenvalue weighted by molar-refractivity contribution is -0.136. The number of hydrogen-bond donors (Lipinski definition) is 0. The highest BCUT2D eigenvalue weighted by atomic mass is 16.5. The molecule has 28 heavy (non-hydrogen) atoms. The van der Waals surface area contributed by atoms with Gasteiger partial charge in [0.25, 0.3) is 0 Å². The SMILES string of the molecule is COc1cc(COCC2CCN(CC(=O)N3CCOCC3)CC2)cc(OC)c1. The number of benzene rings is 1. The number of hydrogen-bond acceptors (Lipinski definition) is 6. The Bertz CT molecular complexity index is 603. The van der Waals surface area contributed by atoms with E-state index in [0.29, 0.717) is 32.3 Å². The van der Waals surface area contributed by atoms with E-state index in [9.17, 15) is 4.79 Å². The molecule has 1 aromatic rings. The van der Waals surface area contributed by atoms with E-state index in [1.165, 1.54) is 0 Å². The van der Waals surface area contributed by atoms with Crippen LogP contribution in [0.15, 0.2) is 18.2 Å². The van der Waals surface area contributed by atoms with Crippen LogP contribution in [0, 0.1) is 5.92 Å². The van der Waals surface area contributed by atoms with Gasteiger partial charge in [-0.2, -0.15) is 0 Å². The van der Waals surface area contributed by atoms with E-state index < -0.39 is 0 Å². The van der Waals surface area contributed by atoms with Gasteiger partial charge in [-0.05, 0) is 49.5 Å². The third kappa shape index (κ3) is 6.09. The van der Waals surface area contributed by atoms with Crippen molar-refractivity contribution in [3.05, 3.63) is 23.8 Å². The first-order chi connectivity index (χ1) is 13.7. The molecular formula is C21H32N2O5. The molecule has 2 aliphatic rings. The van der Waals surface area contributed by atoms with E-state index in [2.05, 4.69) is 4.90 Å². The van der Waals surface area contributed by atoms with Gasteiger partial charge in [0, 0.05) is 25.8 Å². The molecule has 7 nitrogen and oxygen atoms in total. The first-order valence-electron chi connectivity index (χ1n) is 10.1. The van der Waals surface area contributed by atoms with Gasteiger partial charge in [0.2, 0.25) is 5.91 Å². The summed E-state index contributed by atoms with van der Waals surface area (Å²) in [6.07, 6.45) is 2.13. The Morgan fingerprint density at radius 3 is 2.29 bits per heavy atom. The third-order valence-corrected chi connectivity index (χ3v) is 5.46. The zero-order chi connectivity index (χ0) is 19.8. The van der Waals surface area contributed by atoms with Crippen molar-refractivity contribution in [1.82, 2.24) is 9.80 Å². The summed E-state index contributed by atoms with van der Waals surface area (Å²) >= 11 is 0. The van der Waals surface area contributed by atoms with Gasteiger partial charge in [0.15, 0.2) is 0 Å². The number of piperidine rings is 1. The standard InChI is InChI=1S/C21H32N2O5/c1-25-19-11-18(12-20(13-19)26-2)16-28-15-17-3-5-22(6-4-17)14-21(24)23-7-9-27-10-8-23/h11-13,17H,3-10,14-16H2,1-2H3. The highest BCUT2D eigenvalue weighted by molar-refractivity contribution is 5.78. The summed E-state index contributed by atoms with van der Waals surface area (Å²) in [6.45, 7) is 6.48. The molecule has 0 bridgehead atoms. The molecule has 2 heterocycles. The van der Waals surface area contributed by atoms with Crippen LogP contribution in [0.5, 0.6) is 11.5 Å². The maximum absolute atomic E-state index is 12.4. The Morgan fingerprint density at radius 2 is 1.68 bits per heavy atom. The maximum Gasteiger partial charge on any atom is 0.236 e. The highest BCUT2D eigenvalue weighted by Crippen LogP contribution is 2.24. The normalized spacial score (nSPS) is 18.9. The first kappa shape index (κ1) is 20.9. The summed E-state index contributed by atoms with van der Waals surface area (Å²) in [5.41, 5.74) is 1.05. The van der Waals surface area contributed by atoms with Gasteiger partial charge in [-0.25, -0.2) is 0 Å². The van der Waals surface area contributed by atoms with Crippen LogP contribution in [-0.2, 0) is 20.9 Å². The monoisotopic (exact) mass is 392 g/mol. The predicted octanol–water partition coefficient (Wildman–Crippen LogP) is 1.79. The number of ether oxygens (including phenoxy) is 4. The molecule has 2 fully saturated rings. The van der Waals surface area contributed by atoms with E-state index in [1.54, 1.807) is 14.2 Å². The van der Waals surface area contributed by atoms with Crippen LogP contribution in [0.2, 0.25) is 0 Å². The van der Waals surface area contributed by atoms with Crippen LogP contribution >= 0.6 is 0 Å². The number of amides is 1. The van der Waals surface area contributed by atoms with E-state index >= 15 is 0 Å². The summed E-state index contributed by atoms with van der Waals surface area (Å²) in [4.78, 5) is 16.5. The van der Waals surface area contributed by atoms with Gasteiger partial charge >= 0.3 is 0 Å². The lowest BCUT2D eigenvalue weighted by atomic mass is 9.98. The number of methoxy groups -OCH3 is 2. The number of morpholine rings is 1. The molecule has 0 N–H and O–H groups in total. The summed E-state index contributed by atoms with van der Waals surface area (Å²) in [6, 6.07) is 5.81. The Hall–Kier alpha value is -1.83. The van der Waals surface area contributed by atoms with Crippen LogP contribution < -0.4 is 9.47 Å². The second-order valence-electron chi connectivity index (χ2n) is 7.45. The summed E-state index contributed by atoms with van der Waals surface area (Å²) in [5.74, 6) is 2.32. The zero-order valence-electron chi connectivity index (χ0n) is 17.0. The van der Waals surface area contributed by atoms with E-state index in [4.69, 9.17) is 18.9 Å². The van der Waals surface area contributed by atoms with Crippen LogP contribution in [0.25, 0.3) is 0 Å². The van der Waals surface area contributed by atoms with Crippen molar-refractivity contribution in [2.75, 3.05) is 66.8 Å². The van der Waals surface area contributed by atoms with Crippen molar-refractivity contribution in [2.45, 2.75) is 19.4 Å². The molecule has 7 heteroatoms. The molecule has 0 saturated carbocycles. The Morgan fingerprint density at radius 1 is 1.04 bits per heavy atom. The lowest BCUT2D eigenvalue weighted by Gasteiger charge is -2.34. The number of likely N-dealkylation sites (tertiary alicyclic amines) is 1. The fraction of sp³-hybridized carbons (Fsp3) is 0.667.